The van der Waals surface area contributed by atoms with Gasteiger partial charge < -0.3 is 0 Å². The topological polar surface area (TPSA) is 95.2 Å². The Hall–Kier alpha value is -3.86. The summed E-state index contributed by atoms with van der Waals surface area (Å²) in [7, 11) is 0. The highest BCUT2D eigenvalue weighted by Crippen LogP contribution is 2.36. The summed E-state index contributed by atoms with van der Waals surface area (Å²) in [6.07, 6.45) is 1.76. The average Bonchev–Trinajstić information content (AvgIpc) is 2.65. The standard InChI is InChI=1S/C21H12N4/c1-2-4-13-5-3-6-14-7-8-15-16(9-22)17(10-23)18(11-24)19(12-25)21(15)20(13)14/h3,5-8H,2,4H2,1H3. The van der Waals surface area contributed by atoms with Crippen molar-refractivity contribution in [2.24, 2.45) is 0 Å². The lowest BCUT2D eigenvalue weighted by molar-refractivity contribution is 0.930. The van der Waals surface area contributed by atoms with Gasteiger partial charge in [0.05, 0.1) is 22.3 Å². The van der Waals surface area contributed by atoms with E-state index in [4.69, 9.17) is 0 Å². The number of benzene rings is 3. The van der Waals surface area contributed by atoms with Crippen molar-refractivity contribution < 1.29 is 0 Å². The van der Waals surface area contributed by atoms with Crippen molar-refractivity contribution in [2.75, 3.05) is 0 Å². The van der Waals surface area contributed by atoms with Crippen molar-refractivity contribution in [1.29, 1.82) is 21.0 Å². The van der Waals surface area contributed by atoms with Gasteiger partial charge in [0.2, 0.25) is 0 Å². The Balaban J connectivity index is 2.73. The molecule has 0 spiro atoms. The molecule has 0 aromatic heterocycles. The summed E-state index contributed by atoms with van der Waals surface area (Å²) in [5, 5.41) is 41.2. The van der Waals surface area contributed by atoms with Crippen LogP contribution in [0.15, 0.2) is 30.3 Å². The number of nitrogens with zero attached hydrogens (tertiary/aromatic N) is 4. The second-order valence-corrected chi connectivity index (χ2v) is 5.70. The van der Waals surface area contributed by atoms with Crippen LogP contribution in [0.1, 0.15) is 41.2 Å². The molecule has 0 aliphatic heterocycles. The van der Waals surface area contributed by atoms with Crippen LogP contribution in [0, 0.1) is 45.3 Å². The predicted octanol–water partition coefficient (Wildman–Crippen LogP) is 4.43. The molecule has 0 N–H and O–H groups in total. The van der Waals surface area contributed by atoms with Crippen LogP contribution in [0.3, 0.4) is 0 Å². The molecule has 4 nitrogen and oxygen atoms in total. The number of hydrogen-bond acceptors (Lipinski definition) is 4. The molecule has 0 bridgehead atoms. The largest absolute Gasteiger partial charge is 0.192 e. The maximum atomic E-state index is 9.72. The third kappa shape index (κ3) is 2.26. The van der Waals surface area contributed by atoms with Gasteiger partial charge in [0.25, 0.3) is 0 Å². The molecular weight excluding hydrogens is 308 g/mol. The molecule has 0 unspecified atom stereocenters. The molecule has 0 atom stereocenters. The van der Waals surface area contributed by atoms with E-state index in [-0.39, 0.29) is 22.3 Å². The summed E-state index contributed by atoms with van der Waals surface area (Å²) in [5.41, 5.74) is 1.34. The molecule has 3 aromatic rings. The van der Waals surface area contributed by atoms with Gasteiger partial charge in [-0.3, -0.25) is 0 Å². The van der Waals surface area contributed by atoms with E-state index in [1.807, 2.05) is 42.5 Å². The van der Waals surface area contributed by atoms with E-state index in [0.29, 0.717) is 10.8 Å². The molecule has 25 heavy (non-hydrogen) atoms. The smallest absolute Gasteiger partial charge is 0.102 e. The lowest BCUT2D eigenvalue weighted by Gasteiger charge is -2.13. The summed E-state index contributed by atoms with van der Waals surface area (Å²) in [5.74, 6) is 0. The number of hydrogen-bond donors (Lipinski definition) is 0. The SMILES string of the molecule is CCCc1cccc2ccc3c(C#N)c(C#N)c(C#N)c(C#N)c3c12. The van der Waals surface area contributed by atoms with Gasteiger partial charge in [-0.2, -0.15) is 21.0 Å². The lowest BCUT2D eigenvalue weighted by Crippen LogP contribution is -1.99. The second kappa shape index (κ2) is 6.33. The summed E-state index contributed by atoms with van der Waals surface area (Å²) in [4.78, 5) is 0. The van der Waals surface area contributed by atoms with Crippen molar-refractivity contribution in [3.05, 3.63) is 58.1 Å². The minimum atomic E-state index is -0.0265. The first-order chi connectivity index (χ1) is 12.2. The lowest BCUT2D eigenvalue weighted by atomic mass is 9.86. The Morgan fingerprint density at radius 1 is 0.720 bits per heavy atom. The first kappa shape index (κ1) is 16.0. The normalized spacial score (nSPS) is 9.96. The Kier molecular flexibility index (Phi) is 4.05. The molecule has 3 rings (SSSR count). The van der Waals surface area contributed by atoms with E-state index >= 15 is 0 Å². The summed E-state index contributed by atoms with van der Waals surface area (Å²) >= 11 is 0. The monoisotopic (exact) mass is 320 g/mol. The third-order valence-electron chi connectivity index (χ3n) is 4.37. The Bertz CT molecular complexity index is 1190. The second-order valence-electron chi connectivity index (χ2n) is 5.70. The third-order valence-corrected chi connectivity index (χ3v) is 4.37. The molecule has 0 radical (unpaired) electrons. The fraction of sp³-hybridized carbons (Fsp3) is 0.143. The molecule has 0 heterocycles. The van der Waals surface area contributed by atoms with Crippen LogP contribution in [0.4, 0.5) is 0 Å². The highest BCUT2D eigenvalue weighted by molar-refractivity contribution is 6.14. The maximum absolute atomic E-state index is 9.72. The zero-order chi connectivity index (χ0) is 18.0. The minimum Gasteiger partial charge on any atom is -0.192 e. The Morgan fingerprint density at radius 2 is 1.36 bits per heavy atom. The highest BCUT2D eigenvalue weighted by atomic mass is 14.3. The Labute approximate surface area is 145 Å². The zero-order valence-electron chi connectivity index (χ0n) is 13.6. The molecular formula is C21H12N4. The number of fused-ring (bicyclic) bond motifs is 3. The average molecular weight is 320 g/mol. The van der Waals surface area contributed by atoms with E-state index in [2.05, 4.69) is 13.0 Å². The van der Waals surface area contributed by atoms with Gasteiger partial charge in [-0.1, -0.05) is 43.7 Å². The molecule has 0 saturated heterocycles. The molecule has 3 aromatic carbocycles. The minimum absolute atomic E-state index is 0.0205. The van der Waals surface area contributed by atoms with Crippen molar-refractivity contribution >= 4 is 21.5 Å². The van der Waals surface area contributed by atoms with E-state index in [9.17, 15) is 21.0 Å². The molecule has 116 valence electrons. The van der Waals surface area contributed by atoms with Crippen molar-refractivity contribution in [3.63, 3.8) is 0 Å². The molecule has 0 amide bonds. The summed E-state index contributed by atoms with van der Waals surface area (Å²) in [6, 6.07) is 17.6. The molecule has 0 fully saturated rings. The predicted molar refractivity (Wildman–Crippen MR) is 94.3 cm³/mol. The van der Waals surface area contributed by atoms with E-state index in [1.165, 1.54) is 0 Å². The first-order valence-corrected chi connectivity index (χ1v) is 7.86. The fourth-order valence-electron chi connectivity index (χ4n) is 3.36. The highest BCUT2D eigenvalue weighted by Gasteiger charge is 2.21. The van der Waals surface area contributed by atoms with Crippen LogP contribution < -0.4 is 0 Å². The molecule has 0 aliphatic rings. The van der Waals surface area contributed by atoms with Gasteiger partial charge in [0, 0.05) is 10.8 Å². The quantitative estimate of drug-likeness (QED) is 0.652. The molecule has 0 aliphatic carbocycles. The van der Waals surface area contributed by atoms with Gasteiger partial charge >= 0.3 is 0 Å². The maximum Gasteiger partial charge on any atom is 0.102 e. The zero-order valence-corrected chi connectivity index (χ0v) is 13.6. The number of aryl methyl sites for hydroxylation is 1. The van der Waals surface area contributed by atoms with Crippen LogP contribution >= 0.6 is 0 Å². The first-order valence-electron chi connectivity index (χ1n) is 7.86. The van der Waals surface area contributed by atoms with Gasteiger partial charge in [-0.15, -0.1) is 0 Å². The Morgan fingerprint density at radius 3 is 1.96 bits per heavy atom. The van der Waals surface area contributed by atoms with Gasteiger partial charge in [0.15, 0.2) is 0 Å². The fourth-order valence-corrected chi connectivity index (χ4v) is 3.36. The van der Waals surface area contributed by atoms with Crippen LogP contribution in [0.25, 0.3) is 21.5 Å². The van der Waals surface area contributed by atoms with Crippen LogP contribution in [0.2, 0.25) is 0 Å². The van der Waals surface area contributed by atoms with Crippen LogP contribution in [-0.2, 0) is 6.42 Å². The van der Waals surface area contributed by atoms with E-state index in [1.54, 1.807) is 6.07 Å². The van der Waals surface area contributed by atoms with Gasteiger partial charge in [-0.05, 0) is 22.8 Å². The van der Waals surface area contributed by atoms with Crippen molar-refractivity contribution in [2.45, 2.75) is 19.8 Å². The van der Waals surface area contributed by atoms with Gasteiger partial charge in [-0.25, -0.2) is 0 Å². The summed E-state index contributed by atoms with van der Waals surface area (Å²) < 4.78 is 0. The summed E-state index contributed by atoms with van der Waals surface area (Å²) in [6.45, 7) is 2.07. The van der Waals surface area contributed by atoms with Crippen LogP contribution in [0.5, 0.6) is 0 Å². The van der Waals surface area contributed by atoms with Crippen molar-refractivity contribution in [3.8, 4) is 24.3 Å². The molecule has 4 heteroatoms. The number of nitriles is 4. The van der Waals surface area contributed by atoms with E-state index < -0.39 is 0 Å². The number of rotatable bonds is 2. The molecule has 0 saturated carbocycles. The van der Waals surface area contributed by atoms with E-state index in [0.717, 1.165) is 29.2 Å². The van der Waals surface area contributed by atoms with Crippen LogP contribution in [-0.4, -0.2) is 0 Å². The van der Waals surface area contributed by atoms with Gasteiger partial charge in [0.1, 0.15) is 24.3 Å². The van der Waals surface area contributed by atoms with Crippen molar-refractivity contribution in [1.82, 2.24) is 0 Å².